The van der Waals surface area contributed by atoms with E-state index in [4.69, 9.17) is 9.47 Å². The molecule has 2 aliphatic rings. The number of hydrogen-bond donors (Lipinski definition) is 6. The van der Waals surface area contributed by atoms with Crippen molar-refractivity contribution in [2.75, 3.05) is 51.3 Å². The first-order valence-electron chi connectivity index (χ1n) is 12.2. The summed E-state index contributed by atoms with van der Waals surface area (Å²) in [5, 5.41) is 47.2. The zero-order chi connectivity index (χ0) is 26.4. The van der Waals surface area contributed by atoms with Gasteiger partial charge in [0.25, 0.3) is 5.91 Å². The van der Waals surface area contributed by atoms with Gasteiger partial charge < -0.3 is 35.4 Å². The maximum Gasteiger partial charge on any atom is 0.262 e. The van der Waals surface area contributed by atoms with Crippen molar-refractivity contribution in [2.45, 2.75) is 29.9 Å². The maximum absolute atomic E-state index is 12.6. The molecule has 2 aromatic carbocycles. The number of nitrogens with zero attached hydrogens (tertiary/aromatic N) is 2. The molecule has 0 spiro atoms. The van der Waals surface area contributed by atoms with Crippen molar-refractivity contribution < 1.29 is 29.6 Å². The molecule has 0 bridgehead atoms. The van der Waals surface area contributed by atoms with Gasteiger partial charge in [0, 0.05) is 38.4 Å². The van der Waals surface area contributed by atoms with E-state index in [1.54, 1.807) is 0 Å². The van der Waals surface area contributed by atoms with Gasteiger partial charge in [-0.2, -0.15) is 5.26 Å². The fourth-order valence-corrected chi connectivity index (χ4v) is 4.68. The molecule has 2 aliphatic heterocycles. The highest BCUT2D eigenvalue weighted by Crippen LogP contribution is 2.24. The summed E-state index contributed by atoms with van der Waals surface area (Å²) in [5.74, 6) is -0.644. The first-order chi connectivity index (χ1) is 17.9. The molecular formula is C26H32N4O6S. The summed E-state index contributed by atoms with van der Waals surface area (Å²) in [7, 11) is 0. The minimum absolute atomic E-state index is 0.117. The first kappa shape index (κ1) is 27.3. The van der Waals surface area contributed by atoms with Gasteiger partial charge >= 0.3 is 0 Å². The van der Waals surface area contributed by atoms with Crippen LogP contribution >= 0.6 is 12.6 Å². The Balaban J connectivity index is 1.35. The summed E-state index contributed by atoms with van der Waals surface area (Å²) in [5.41, 5.74) is 0.586. The van der Waals surface area contributed by atoms with Crippen molar-refractivity contribution in [3.63, 3.8) is 0 Å². The maximum atomic E-state index is 12.6. The number of rotatable bonds is 8. The van der Waals surface area contributed by atoms with Crippen molar-refractivity contribution in [3.8, 4) is 6.07 Å². The standard InChI is InChI=1S/C26H32N4O6S/c27-14-19(25(34)29-15-21-22(31)23(32)24(33)26(37)36-21)12-16-1-2-18-13-20(4-3-17(18)11-16)28-5-6-30-7-9-35-10-8-30/h1-4,11-13,21-24,26,28,31-33,37H,5-10,15H2,(H,29,34)/b19-12+/t21-,22-,23+,24-,26?/m1/s1. The molecule has 1 unspecified atom stereocenters. The van der Waals surface area contributed by atoms with Gasteiger partial charge in [0.2, 0.25) is 0 Å². The second kappa shape index (κ2) is 12.7. The van der Waals surface area contributed by atoms with E-state index in [-0.39, 0.29) is 12.1 Å². The molecule has 11 heteroatoms. The normalized spacial score (nSPS) is 27.0. The number of nitrogens with one attached hydrogen (secondary N) is 2. The van der Waals surface area contributed by atoms with Crippen molar-refractivity contribution in [1.29, 1.82) is 5.26 Å². The summed E-state index contributed by atoms with van der Waals surface area (Å²) >= 11 is 4.03. The van der Waals surface area contributed by atoms with Crippen LogP contribution in [0.3, 0.4) is 0 Å². The average Bonchev–Trinajstić information content (AvgIpc) is 2.92. The van der Waals surface area contributed by atoms with Crippen LogP contribution in [0, 0.1) is 11.3 Å². The second-order valence-electron chi connectivity index (χ2n) is 9.12. The minimum Gasteiger partial charge on any atom is -0.388 e. The number of fused-ring (bicyclic) bond motifs is 1. The Morgan fingerprint density at radius 3 is 2.59 bits per heavy atom. The zero-order valence-corrected chi connectivity index (χ0v) is 21.2. The molecule has 1 amide bonds. The van der Waals surface area contributed by atoms with E-state index in [1.807, 2.05) is 36.4 Å². The lowest BCUT2D eigenvalue weighted by Crippen LogP contribution is -2.58. The number of aliphatic hydroxyl groups is 3. The Morgan fingerprint density at radius 1 is 1.11 bits per heavy atom. The van der Waals surface area contributed by atoms with Gasteiger partial charge in [0.1, 0.15) is 41.5 Å². The van der Waals surface area contributed by atoms with Gasteiger partial charge in [-0.05, 0) is 40.6 Å². The van der Waals surface area contributed by atoms with E-state index in [2.05, 4.69) is 34.2 Å². The molecule has 10 nitrogen and oxygen atoms in total. The van der Waals surface area contributed by atoms with E-state index in [0.29, 0.717) is 5.56 Å². The highest BCUT2D eigenvalue weighted by atomic mass is 32.1. The fourth-order valence-electron chi connectivity index (χ4n) is 4.35. The largest absolute Gasteiger partial charge is 0.388 e. The lowest BCUT2D eigenvalue weighted by Gasteiger charge is -2.38. The van der Waals surface area contributed by atoms with Crippen molar-refractivity contribution in [2.24, 2.45) is 0 Å². The van der Waals surface area contributed by atoms with E-state index >= 15 is 0 Å². The third-order valence-corrected chi connectivity index (χ3v) is 6.98. The number of aliphatic hydroxyl groups excluding tert-OH is 3. The van der Waals surface area contributed by atoms with Crippen LogP contribution in [0.2, 0.25) is 0 Å². The number of anilines is 1. The molecule has 0 saturated carbocycles. The van der Waals surface area contributed by atoms with Crippen molar-refractivity contribution in [1.82, 2.24) is 10.2 Å². The van der Waals surface area contributed by atoms with Gasteiger partial charge in [-0.25, -0.2) is 0 Å². The third kappa shape index (κ3) is 7.00. The van der Waals surface area contributed by atoms with Crippen LogP contribution in [0.4, 0.5) is 5.69 Å². The second-order valence-corrected chi connectivity index (χ2v) is 9.63. The van der Waals surface area contributed by atoms with Crippen LogP contribution in [0.5, 0.6) is 0 Å². The number of carbonyl (C=O) groups is 1. The Hall–Kier alpha value is -2.69. The van der Waals surface area contributed by atoms with E-state index in [0.717, 1.165) is 55.9 Å². The highest BCUT2D eigenvalue weighted by Gasteiger charge is 2.42. The predicted molar refractivity (Wildman–Crippen MR) is 142 cm³/mol. The van der Waals surface area contributed by atoms with E-state index in [9.17, 15) is 25.4 Å². The van der Waals surface area contributed by atoms with Gasteiger partial charge in [-0.3, -0.25) is 9.69 Å². The lowest BCUT2D eigenvalue weighted by atomic mass is 9.99. The summed E-state index contributed by atoms with van der Waals surface area (Å²) in [6, 6.07) is 13.6. The summed E-state index contributed by atoms with van der Waals surface area (Å²) in [6.07, 6.45) is -3.71. The molecule has 4 rings (SSSR count). The molecule has 2 fully saturated rings. The Labute approximate surface area is 220 Å². The number of nitriles is 1. The van der Waals surface area contributed by atoms with E-state index < -0.39 is 35.8 Å². The Morgan fingerprint density at radius 2 is 1.84 bits per heavy atom. The minimum atomic E-state index is -1.46. The molecule has 0 aliphatic carbocycles. The van der Waals surface area contributed by atoms with Gasteiger partial charge in [-0.15, -0.1) is 12.6 Å². The Bertz CT molecular complexity index is 1170. The number of morpholine rings is 1. The molecule has 2 heterocycles. The first-order valence-corrected chi connectivity index (χ1v) is 12.7. The van der Waals surface area contributed by atoms with Crippen molar-refractivity contribution >= 4 is 41.1 Å². The third-order valence-electron chi connectivity index (χ3n) is 6.55. The molecule has 2 aromatic rings. The van der Waals surface area contributed by atoms with Gasteiger partial charge in [0.15, 0.2) is 0 Å². The molecule has 0 radical (unpaired) electrons. The van der Waals surface area contributed by atoms with E-state index in [1.165, 1.54) is 6.08 Å². The number of thiol groups is 1. The molecule has 5 atom stereocenters. The highest BCUT2D eigenvalue weighted by molar-refractivity contribution is 7.80. The summed E-state index contributed by atoms with van der Waals surface area (Å²) in [4.78, 5) is 15.0. The average molecular weight is 529 g/mol. The molecule has 5 N–H and O–H groups in total. The van der Waals surface area contributed by atoms with Gasteiger partial charge in [0.05, 0.1) is 13.2 Å². The van der Waals surface area contributed by atoms with Crippen LogP contribution < -0.4 is 10.6 Å². The van der Waals surface area contributed by atoms with Crippen LogP contribution in [0.1, 0.15) is 5.56 Å². The number of hydrogen-bond acceptors (Lipinski definition) is 10. The molecular weight excluding hydrogens is 496 g/mol. The monoisotopic (exact) mass is 528 g/mol. The summed E-state index contributed by atoms with van der Waals surface area (Å²) in [6.45, 7) is 5.10. The lowest BCUT2D eigenvalue weighted by molar-refractivity contribution is -0.195. The van der Waals surface area contributed by atoms with Gasteiger partial charge in [-0.1, -0.05) is 18.2 Å². The molecule has 0 aromatic heterocycles. The van der Waals surface area contributed by atoms with Crippen LogP contribution in [0.15, 0.2) is 42.0 Å². The molecule has 198 valence electrons. The molecule has 37 heavy (non-hydrogen) atoms. The topological polar surface area (TPSA) is 147 Å². The number of carbonyl (C=O) groups excluding carboxylic acids is 1. The smallest absolute Gasteiger partial charge is 0.262 e. The zero-order valence-electron chi connectivity index (χ0n) is 20.3. The fraction of sp³-hybridized carbons (Fsp3) is 0.462. The number of amides is 1. The van der Waals surface area contributed by atoms with Crippen LogP contribution in [-0.2, 0) is 14.3 Å². The van der Waals surface area contributed by atoms with Crippen LogP contribution in [-0.4, -0.2) is 102 Å². The summed E-state index contributed by atoms with van der Waals surface area (Å²) < 4.78 is 10.7. The quantitative estimate of drug-likeness (QED) is 0.162. The van der Waals surface area contributed by atoms with Crippen molar-refractivity contribution in [3.05, 3.63) is 47.5 Å². The predicted octanol–water partition coefficient (Wildman–Crippen LogP) is 0.344. The molecule has 2 saturated heterocycles. The van der Waals surface area contributed by atoms with Crippen LogP contribution in [0.25, 0.3) is 16.8 Å². The Kier molecular flexibility index (Phi) is 9.39. The number of ether oxygens (including phenoxy) is 2. The number of benzene rings is 2. The SMILES string of the molecule is N#C/C(=C\c1ccc2cc(NCCN3CCOCC3)ccc2c1)C(=O)NC[C@H]1OC(S)[C@H](O)[C@@H](O)[C@@H]1O.